The fourth-order valence-corrected chi connectivity index (χ4v) is 6.97. The minimum atomic E-state index is -2.57. The highest BCUT2D eigenvalue weighted by Gasteiger charge is 2.64. The number of hydrogen-bond donors (Lipinski definition) is 4. The highest BCUT2D eigenvalue weighted by molar-refractivity contribution is 6.25. The molecule has 0 aromatic heterocycles. The van der Waals surface area contributed by atoms with Gasteiger partial charge < -0.3 is 25.3 Å². The van der Waals surface area contributed by atoms with E-state index < -0.39 is 63.3 Å². The third-order valence-electron chi connectivity index (χ3n) is 8.66. The number of rotatable bonds is 7. The Morgan fingerprint density at radius 3 is 2.31 bits per heavy atom. The summed E-state index contributed by atoms with van der Waals surface area (Å²) in [5.74, 6) is -5.40. The molecular weight excluding hydrogens is 500 g/mol. The Kier molecular flexibility index (Phi) is 7.23. The molecule has 0 amide bonds. The largest absolute Gasteiger partial charge is 0.508 e. The summed E-state index contributed by atoms with van der Waals surface area (Å²) in [4.78, 5) is 44.8. The zero-order valence-electron chi connectivity index (χ0n) is 23.8. The number of Topliss-reactive ketones (excluding diaryl/α,β-unsaturated/α-hetero) is 3. The van der Waals surface area contributed by atoms with Gasteiger partial charge in [0, 0.05) is 37.7 Å². The second-order valence-electron chi connectivity index (χ2n) is 12.5. The number of fused-ring (bicyclic) bond motifs is 3. The van der Waals surface area contributed by atoms with Crippen LogP contribution >= 0.6 is 0 Å². The first-order valence-electron chi connectivity index (χ1n) is 13.5. The van der Waals surface area contributed by atoms with E-state index in [0.717, 1.165) is 12.1 Å². The predicted molar refractivity (Wildman–Crippen MR) is 148 cm³/mol. The zero-order chi connectivity index (χ0) is 29.2. The fourth-order valence-electron chi connectivity index (χ4n) is 6.97. The first-order chi connectivity index (χ1) is 18.1. The van der Waals surface area contributed by atoms with Crippen LogP contribution in [-0.4, -0.2) is 82.5 Å². The maximum Gasteiger partial charge on any atom is 0.202 e. The first kappa shape index (κ1) is 28.8. The van der Waals surface area contributed by atoms with E-state index in [-0.39, 0.29) is 36.1 Å². The topological polar surface area (TPSA) is 139 Å². The molecule has 212 valence electrons. The molecule has 0 bridgehead atoms. The number of carbonyl (C=O) groups is 3. The maximum atomic E-state index is 14.1. The molecule has 4 rings (SSSR count). The van der Waals surface area contributed by atoms with Crippen LogP contribution in [0.1, 0.15) is 57.6 Å². The molecule has 3 aliphatic carbocycles. The number of phenols is 1. The molecule has 0 spiro atoms. The van der Waals surface area contributed by atoms with Gasteiger partial charge in [-0.15, -0.1) is 0 Å². The SMILES string of the molecule is CCCC(C)(C)CC(=O)C1=C(O)C2(O)C(=O)C3=C(O)c4c(O)ccc(N(C)C)c4CC3CC2C(N(C)C)C1=O. The second kappa shape index (κ2) is 9.78. The van der Waals surface area contributed by atoms with Crippen molar-refractivity contribution in [3.05, 3.63) is 40.2 Å². The number of benzene rings is 1. The number of hydrogen-bond acceptors (Lipinski definition) is 9. The minimum Gasteiger partial charge on any atom is -0.508 e. The molecule has 1 fully saturated rings. The number of phenolic OH excluding ortho intramolecular Hbond substituents is 1. The predicted octanol–water partition coefficient (Wildman–Crippen LogP) is 3.33. The van der Waals surface area contributed by atoms with Crippen LogP contribution in [-0.2, 0) is 20.8 Å². The zero-order valence-corrected chi connectivity index (χ0v) is 23.8. The van der Waals surface area contributed by atoms with Gasteiger partial charge in [0.2, 0.25) is 5.78 Å². The monoisotopic (exact) mass is 540 g/mol. The molecule has 0 heterocycles. The number of aliphatic hydroxyl groups is 3. The molecule has 0 saturated heterocycles. The number of anilines is 1. The summed E-state index contributed by atoms with van der Waals surface area (Å²) in [6.45, 7) is 5.78. The van der Waals surface area contributed by atoms with Gasteiger partial charge in [-0.05, 0) is 62.4 Å². The van der Waals surface area contributed by atoms with Crippen molar-refractivity contribution in [2.24, 2.45) is 17.3 Å². The smallest absolute Gasteiger partial charge is 0.202 e. The van der Waals surface area contributed by atoms with E-state index in [4.69, 9.17) is 0 Å². The molecule has 3 aliphatic rings. The third-order valence-corrected chi connectivity index (χ3v) is 8.66. The van der Waals surface area contributed by atoms with Gasteiger partial charge >= 0.3 is 0 Å². The highest BCUT2D eigenvalue weighted by Crippen LogP contribution is 2.53. The van der Waals surface area contributed by atoms with Crippen LogP contribution in [0, 0.1) is 17.3 Å². The Morgan fingerprint density at radius 1 is 1.10 bits per heavy atom. The number of nitrogens with zero attached hydrogens (tertiary/aromatic N) is 2. The average Bonchev–Trinajstić information content (AvgIpc) is 2.80. The molecule has 1 aromatic carbocycles. The number of aliphatic hydroxyl groups excluding tert-OH is 2. The van der Waals surface area contributed by atoms with Crippen molar-refractivity contribution in [1.82, 2.24) is 4.90 Å². The lowest BCUT2D eigenvalue weighted by Gasteiger charge is -2.50. The van der Waals surface area contributed by atoms with Gasteiger partial charge in [-0.3, -0.25) is 19.3 Å². The molecule has 4 N–H and O–H groups in total. The normalized spacial score (nSPS) is 26.9. The van der Waals surface area contributed by atoms with Gasteiger partial charge in [0.15, 0.2) is 17.2 Å². The van der Waals surface area contributed by atoms with E-state index in [2.05, 4.69) is 0 Å². The summed E-state index contributed by atoms with van der Waals surface area (Å²) in [5.41, 5.74) is -2.16. The lowest BCUT2D eigenvalue weighted by molar-refractivity contribution is -0.153. The van der Waals surface area contributed by atoms with Crippen molar-refractivity contribution in [2.45, 2.75) is 64.5 Å². The van der Waals surface area contributed by atoms with Gasteiger partial charge in [0.25, 0.3) is 0 Å². The van der Waals surface area contributed by atoms with Crippen LogP contribution in [0.2, 0.25) is 0 Å². The Labute approximate surface area is 229 Å². The van der Waals surface area contributed by atoms with Crippen LogP contribution < -0.4 is 4.90 Å². The second-order valence-corrected chi connectivity index (χ2v) is 12.5. The van der Waals surface area contributed by atoms with E-state index in [9.17, 15) is 34.8 Å². The van der Waals surface area contributed by atoms with E-state index >= 15 is 0 Å². The fraction of sp³-hybridized carbons (Fsp3) is 0.567. The van der Waals surface area contributed by atoms with Crippen molar-refractivity contribution >= 4 is 28.8 Å². The molecular formula is C30H40N2O7. The molecule has 9 nitrogen and oxygen atoms in total. The number of carbonyl (C=O) groups excluding carboxylic acids is 3. The van der Waals surface area contributed by atoms with Gasteiger partial charge in [0.05, 0.1) is 11.6 Å². The van der Waals surface area contributed by atoms with Crippen molar-refractivity contribution in [3.8, 4) is 5.75 Å². The average molecular weight is 541 g/mol. The summed E-state index contributed by atoms with van der Waals surface area (Å²) in [7, 11) is 6.94. The summed E-state index contributed by atoms with van der Waals surface area (Å²) in [6.07, 6.45) is 1.88. The standard InChI is InChI=1S/C30H40N2O7/c1-8-11-29(2,3)14-20(34)23-26(36)24(32(6)7)17-13-15-12-16-18(31(4)5)9-10-19(33)22(16)25(35)21(15)27(37)30(17,39)28(23)38/h9-10,15,17,24,33,35,38-39H,8,11-14H2,1-7H3. The van der Waals surface area contributed by atoms with Gasteiger partial charge in [-0.1, -0.05) is 27.2 Å². The Morgan fingerprint density at radius 2 is 1.74 bits per heavy atom. The van der Waals surface area contributed by atoms with E-state index in [0.29, 0.717) is 12.0 Å². The first-order valence-corrected chi connectivity index (χ1v) is 13.5. The quantitative estimate of drug-likeness (QED) is 0.384. The number of aromatic hydroxyl groups is 1. The van der Waals surface area contributed by atoms with Crippen LogP contribution in [0.25, 0.3) is 5.76 Å². The van der Waals surface area contributed by atoms with Crippen molar-refractivity contribution in [3.63, 3.8) is 0 Å². The Bertz CT molecular complexity index is 1310. The molecule has 9 heteroatoms. The molecule has 0 aliphatic heterocycles. The van der Waals surface area contributed by atoms with Crippen LogP contribution in [0.3, 0.4) is 0 Å². The lowest BCUT2D eigenvalue weighted by atomic mass is 9.57. The summed E-state index contributed by atoms with van der Waals surface area (Å²) >= 11 is 0. The van der Waals surface area contributed by atoms with E-state index in [1.165, 1.54) is 6.07 Å². The molecule has 0 radical (unpaired) electrons. The molecule has 4 atom stereocenters. The van der Waals surface area contributed by atoms with Crippen LogP contribution in [0.4, 0.5) is 5.69 Å². The van der Waals surface area contributed by atoms with Crippen molar-refractivity contribution in [1.29, 1.82) is 0 Å². The van der Waals surface area contributed by atoms with E-state index in [1.54, 1.807) is 25.1 Å². The Hall–Kier alpha value is -3.17. The van der Waals surface area contributed by atoms with Gasteiger partial charge in [0.1, 0.15) is 22.8 Å². The highest BCUT2D eigenvalue weighted by atomic mass is 16.3. The Balaban J connectivity index is 1.92. The summed E-state index contributed by atoms with van der Waals surface area (Å²) < 4.78 is 0. The van der Waals surface area contributed by atoms with Crippen LogP contribution in [0.5, 0.6) is 5.75 Å². The summed E-state index contributed by atoms with van der Waals surface area (Å²) in [6, 6.07) is 2.13. The molecule has 39 heavy (non-hydrogen) atoms. The lowest BCUT2D eigenvalue weighted by Crippen LogP contribution is -2.65. The number of ketones is 3. The molecule has 1 saturated carbocycles. The van der Waals surface area contributed by atoms with Crippen molar-refractivity contribution < 1.29 is 34.8 Å². The maximum absolute atomic E-state index is 14.1. The van der Waals surface area contributed by atoms with Gasteiger partial charge in [-0.25, -0.2) is 0 Å². The van der Waals surface area contributed by atoms with E-state index in [1.807, 2.05) is 39.8 Å². The molecule has 1 aromatic rings. The van der Waals surface area contributed by atoms with Crippen molar-refractivity contribution in [2.75, 3.05) is 33.1 Å². The number of likely N-dealkylation sites (N-methyl/N-ethyl adjacent to an activating group) is 1. The third kappa shape index (κ3) is 4.36. The summed E-state index contributed by atoms with van der Waals surface area (Å²) in [5, 5.41) is 45.4. The minimum absolute atomic E-state index is 0.0355. The van der Waals surface area contributed by atoms with Crippen LogP contribution in [0.15, 0.2) is 29.0 Å². The van der Waals surface area contributed by atoms with Gasteiger partial charge in [-0.2, -0.15) is 0 Å². The molecule has 4 unspecified atom stereocenters.